The van der Waals surface area contributed by atoms with Crippen molar-refractivity contribution in [3.05, 3.63) is 53.6 Å². The van der Waals surface area contributed by atoms with Gasteiger partial charge in [0, 0.05) is 22.1 Å². The van der Waals surface area contributed by atoms with Gasteiger partial charge >= 0.3 is 6.03 Å². The molecule has 3 rings (SSSR count). The number of nitriles is 1. The number of allylic oxidation sites excluding steroid dienone is 4. The summed E-state index contributed by atoms with van der Waals surface area (Å²) in [5.41, 5.74) is -0.317. The van der Waals surface area contributed by atoms with E-state index in [2.05, 4.69) is 72.1 Å². The highest BCUT2D eigenvalue weighted by Crippen LogP contribution is 2.67. The van der Waals surface area contributed by atoms with Crippen molar-refractivity contribution in [2.24, 2.45) is 33.0 Å². The van der Waals surface area contributed by atoms with Gasteiger partial charge in [0.25, 0.3) is 0 Å². The Morgan fingerprint density at radius 1 is 0.978 bits per heavy atom. The predicted molar refractivity (Wildman–Crippen MR) is 188 cm³/mol. The molecule has 0 aromatic heterocycles. The monoisotopic (exact) mass is 629 g/mol. The first-order valence-electron chi connectivity index (χ1n) is 17.2. The number of anilines is 1. The smallest absolute Gasteiger partial charge is 0.319 e. The minimum Gasteiger partial charge on any atom is -0.333 e. The van der Waals surface area contributed by atoms with E-state index in [-0.39, 0.29) is 45.3 Å². The summed E-state index contributed by atoms with van der Waals surface area (Å²) in [6.07, 6.45) is 10.9. The predicted octanol–water partition coefficient (Wildman–Crippen LogP) is 9.98. The van der Waals surface area contributed by atoms with E-state index in [1.165, 1.54) is 0 Å². The van der Waals surface area contributed by atoms with Crippen molar-refractivity contribution in [3.8, 4) is 6.07 Å². The van der Waals surface area contributed by atoms with Crippen molar-refractivity contribution >= 4 is 23.3 Å². The third-order valence-electron chi connectivity index (χ3n) is 12.0. The van der Waals surface area contributed by atoms with Gasteiger partial charge in [0.1, 0.15) is 6.07 Å². The maximum atomic E-state index is 13.4. The summed E-state index contributed by atoms with van der Waals surface area (Å²) in [6.45, 7) is 23.5. The Morgan fingerprint density at radius 2 is 1.59 bits per heavy atom. The number of Topliss-reactive ketones (excluding diaryl/α,β-unsaturated/α-hetero) is 1. The molecule has 252 valence electrons. The SMILES string of the molecule is CCCC(C)(C)CC[C@@](C)(CCC(C)(C)[C@]1(C)CC[C@H]2C(C)(C)C(=O)C(C#N)=C[C@]2(C)/C1=C/C(C)=O)NC(=O)Nc1ccccc1. The number of nitrogens with one attached hydrogen (secondary N) is 2. The molecule has 1 aromatic rings. The Morgan fingerprint density at radius 3 is 2.15 bits per heavy atom. The molecule has 1 fully saturated rings. The van der Waals surface area contributed by atoms with Crippen LogP contribution in [0.25, 0.3) is 0 Å². The van der Waals surface area contributed by atoms with Crippen LogP contribution in [0.3, 0.4) is 0 Å². The van der Waals surface area contributed by atoms with E-state index in [9.17, 15) is 19.6 Å². The lowest BCUT2D eigenvalue weighted by Gasteiger charge is -2.61. The Hall–Kier alpha value is -3.20. The summed E-state index contributed by atoms with van der Waals surface area (Å²) < 4.78 is 0. The van der Waals surface area contributed by atoms with Crippen LogP contribution in [0.5, 0.6) is 0 Å². The van der Waals surface area contributed by atoms with Gasteiger partial charge in [0.05, 0.1) is 5.57 Å². The number of urea groups is 1. The first kappa shape index (κ1) is 37.3. The molecule has 46 heavy (non-hydrogen) atoms. The molecule has 2 N–H and O–H groups in total. The molecule has 0 bridgehead atoms. The van der Waals surface area contributed by atoms with Crippen molar-refractivity contribution in [1.82, 2.24) is 5.32 Å². The van der Waals surface area contributed by atoms with Crippen molar-refractivity contribution in [3.63, 3.8) is 0 Å². The number of ketones is 2. The summed E-state index contributed by atoms with van der Waals surface area (Å²) in [7, 11) is 0. The number of para-hydroxylation sites is 1. The third-order valence-corrected chi connectivity index (χ3v) is 12.0. The summed E-state index contributed by atoms with van der Waals surface area (Å²) >= 11 is 0. The fraction of sp³-hybridized carbons (Fsp3) is 0.650. The van der Waals surface area contributed by atoms with E-state index in [1.807, 2.05) is 50.3 Å². The molecule has 0 spiro atoms. The molecule has 2 aliphatic rings. The van der Waals surface area contributed by atoms with Crippen LogP contribution in [0.15, 0.2) is 53.6 Å². The van der Waals surface area contributed by atoms with Crippen LogP contribution in [-0.2, 0) is 9.59 Å². The molecule has 6 heteroatoms. The number of hydrogen-bond donors (Lipinski definition) is 2. The Labute approximate surface area is 278 Å². The van der Waals surface area contributed by atoms with Crippen LogP contribution in [0.1, 0.15) is 128 Å². The molecule has 0 heterocycles. The highest BCUT2D eigenvalue weighted by Gasteiger charge is 2.61. The molecule has 0 aliphatic heterocycles. The van der Waals surface area contributed by atoms with E-state index in [4.69, 9.17) is 0 Å². The Kier molecular flexibility index (Phi) is 10.9. The second kappa shape index (κ2) is 13.5. The van der Waals surface area contributed by atoms with Gasteiger partial charge in [0.15, 0.2) is 11.6 Å². The summed E-state index contributed by atoms with van der Waals surface area (Å²) in [4.78, 5) is 39.6. The zero-order valence-corrected chi connectivity index (χ0v) is 30.4. The fourth-order valence-electron chi connectivity index (χ4n) is 8.60. The lowest BCUT2D eigenvalue weighted by molar-refractivity contribution is -0.131. The topological polar surface area (TPSA) is 99.1 Å². The number of hydrogen-bond acceptors (Lipinski definition) is 4. The standard InChI is InChI=1S/C40H59N3O3/c1-12-19-35(3,4)21-23-38(9,43-34(46)42-30-16-14-13-15-17-30)24-22-36(5,6)40(11)20-18-31-37(7,8)33(45)29(27-41)26-39(31,10)32(40)25-28(2)44/h13-17,25-26,31H,12,18-24H2,1-11H3,(H2,42,43,46)/b32-25-/t31-,38-,39-,40+/m0/s1. The minimum absolute atomic E-state index is 0.0199. The highest BCUT2D eigenvalue weighted by atomic mass is 16.2. The zero-order chi connectivity index (χ0) is 34.8. The van der Waals surface area contributed by atoms with E-state index >= 15 is 0 Å². The number of carbonyl (C=O) groups is 3. The Bertz CT molecular complexity index is 1410. The molecule has 2 amide bonds. The zero-order valence-electron chi connectivity index (χ0n) is 30.4. The Balaban J connectivity index is 1.99. The quantitative estimate of drug-likeness (QED) is 0.225. The summed E-state index contributed by atoms with van der Waals surface area (Å²) in [5, 5.41) is 16.4. The molecule has 2 aliphatic carbocycles. The van der Waals surface area contributed by atoms with E-state index in [0.717, 1.165) is 62.6 Å². The highest BCUT2D eigenvalue weighted by molar-refractivity contribution is 6.04. The maximum absolute atomic E-state index is 13.4. The normalized spacial score (nSPS) is 26.7. The fourth-order valence-corrected chi connectivity index (χ4v) is 8.60. The van der Waals surface area contributed by atoms with Crippen molar-refractivity contribution in [2.75, 3.05) is 5.32 Å². The summed E-state index contributed by atoms with van der Waals surface area (Å²) in [6, 6.07) is 11.5. The van der Waals surface area contributed by atoms with Crippen LogP contribution in [-0.4, -0.2) is 23.1 Å². The second-order valence-electron chi connectivity index (χ2n) is 16.9. The number of carbonyl (C=O) groups excluding carboxylic acids is 3. The minimum atomic E-state index is -0.712. The van der Waals surface area contributed by atoms with Gasteiger partial charge in [-0.3, -0.25) is 9.59 Å². The lowest BCUT2D eigenvalue weighted by Crippen LogP contribution is -2.56. The first-order valence-corrected chi connectivity index (χ1v) is 17.2. The summed E-state index contributed by atoms with van der Waals surface area (Å²) in [5.74, 6) is -0.152. The van der Waals surface area contributed by atoms with Gasteiger partial charge in [0.2, 0.25) is 0 Å². The maximum Gasteiger partial charge on any atom is 0.319 e. The van der Waals surface area contributed by atoms with Crippen LogP contribution < -0.4 is 10.6 Å². The van der Waals surface area contributed by atoms with Crippen LogP contribution in [0.2, 0.25) is 0 Å². The average molecular weight is 630 g/mol. The van der Waals surface area contributed by atoms with Crippen LogP contribution in [0.4, 0.5) is 10.5 Å². The van der Waals surface area contributed by atoms with E-state index in [1.54, 1.807) is 13.0 Å². The first-order chi connectivity index (χ1) is 21.2. The van der Waals surface area contributed by atoms with E-state index < -0.39 is 16.4 Å². The second-order valence-corrected chi connectivity index (χ2v) is 16.9. The van der Waals surface area contributed by atoms with Gasteiger partial charge in [-0.2, -0.15) is 5.26 Å². The molecule has 0 radical (unpaired) electrons. The van der Waals surface area contributed by atoms with Gasteiger partial charge < -0.3 is 10.6 Å². The van der Waals surface area contributed by atoms with Crippen LogP contribution >= 0.6 is 0 Å². The molecule has 1 saturated carbocycles. The lowest BCUT2D eigenvalue weighted by atomic mass is 9.42. The molecule has 1 aromatic carbocycles. The van der Waals surface area contributed by atoms with Gasteiger partial charge in [-0.05, 0) is 99.2 Å². The van der Waals surface area contributed by atoms with Crippen LogP contribution in [0, 0.1) is 44.3 Å². The average Bonchev–Trinajstić information content (AvgIpc) is 2.95. The molecule has 0 saturated heterocycles. The largest absolute Gasteiger partial charge is 0.333 e. The van der Waals surface area contributed by atoms with E-state index in [0.29, 0.717) is 0 Å². The van der Waals surface area contributed by atoms with Crippen molar-refractivity contribution < 1.29 is 14.4 Å². The van der Waals surface area contributed by atoms with Crippen molar-refractivity contribution in [2.45, 2.75) is 133 Å². The molecular weight excluding hydrogens is 570 g/mol. The van der Waals surface area contributed by atoms with Gasteiger partial charge in [-0.25, -0.2) is 4.79 Å². The molecule has 6 nitrogen and oxygen atoms in total. The van der Waals surface area contributed by atoms with Crippen molar-refractivity contribution in [1.29, 1.82) is 5.26 Å². The number of fused-ring (bicyclic) bond motifs is 1. The number of nitrogens with zero attached hydrogens (tertiary/aromatic N) is 1. The third kappa shape index (κ3) is 7.67. The number of benzene rings is 1. The molecule has 4 atom stereocenters. The van der Waals surface area contributed by atoms with Gasteiger partial charge in [-0.1, -0.05) is 98.6 Å². The molecular formula is C40H59N3O3. The number of amides is 2. The van der Waals surface area contributed by atoms with Gasteiger partial charge in [-0.15, -0.1) is 0 Å². The molecule has 0 unspecified atom stereocenters. The number of rotatable bonds is 12.